The van der Waals surface area contributed by atoms with Gasteiger partial charge < -0.3 is 8.83 Å². The van der Waals surface area contributed by atoms with E-state index in [2.05, 4.69) is 97.1 Å². The largest absolute Gasteiger partial charge is 0.456 e. The molecule has 52 heavy (non-hydrogen) atoms. The number of rotatable bonds is 4. The number of furan rings is 2. The smallest absolute Gasteiger partial charge is 0.172 e. The molecule has 3 aromatic heterocycles. The van der Waals surface area contributed by atoms with Gasteiger partial charge in [0.15, 0.2) is 17.5 Å². The number of hydrogen-bond donors (Lipinski definition) is 0. The molecule has 0 aliphatic heterocycles. The van der Waals surface area contributed by atoms with Gasteiger partial charge in [-0.2, -0.15) is 0 Å². The molecule has 0 unspecified atom stereocenters. The molecule has 0 saturated heterocycles. The summed E-state index contributed by atoms with van der Waals surface area (Å²) in [4.78, 5) is 15.3. The first kappa shape index (κ1) is 28.5. The van der Waals surface area contributed by atoms with Crippen molar-refractivity contribution in [2.24, 2.45) is 0 Å². The van der Waals surface area contributed by atoms with Crippen molar-refractivity contribution in [2.75, 3.05) is 0 Å². The third kappa shape index (κ3) is 4.49. The van der Waals surface area contributed by atoms with Crippen LogP contribution in [0.3, 0.4) is 0 Å². The molecule has 0 spiro atoms. The van der Waals surface area contributed by atoms with Gasteiger partial charge in [-0.05, 0) is 64.2 Å². The molecule has 11 rings (SSSR count). The Morgan fingerprint density at radius 2 is 1.12 bits per heavy atom. The second-order valence-electron chi connectivity index (χ2n) is 13.0. The molecule has 0 bridgehead atoms. The monoisotopic (exact) mass is 663 g/mol. The van der Waals surface area contributed by atoms with Gasteiger partial charge >= 0.3 is 0 Å². The maximum absolute atomic E-state index is 6.70. The lowest BCUT2D eigenvalue weighted by Gasteiger charge is -2.09. The second-order valence-corrected chi connectivity index (χ2v) is 13.0. The van der Waals surface area contributed by atoms with Crippen molar-refractivity contribution in [3.05, 3.63) is 164 Å². The van der Waals surface area contributed by atoms with Crippen LogP contribution in [0.4, 0.5) is 0 Å². The van der Waals surface area contributed by atoms with E-state index < -0.39 is 0 Å². The zero-order chi connectivity index (χ0) is 34.2. The first-order valence-electron chi connectivity index (χ1n) is 17.2. The summed E-state index contributed by atoms with van der Waals surface area (Å²) in [5, 5.41) is 8.40. The average Bonchev–Trinajstić information content (AvgIpc) is 3.78. The van der Waals surface area contributed by atoms with Crippen LogP contribution in [-0.4, -0.2) is 15.0 Å². The molecule has 240 valence electrons. The van der Waals surface area contributed by atoms with E-state index in [0.29, 0.717) is 17.5 Å². The van der Waals surface area contributed by atoms with Crippen LogP contribution in [0.1, 0.15) is 0 Å². The van der Waals surface area contributed by atoms with Crippen molar-refractivity contribution in [2.45, 2.75) is 0 Å². The average molecular weight is 664 g/mol. The molecule has 0 N–H and O–H groups in total. The molecule has 0 amide bonds. The molecule has 0 radical (unpaired) electrons. The zero-order valence-corrected chi connectivity index (χ0v) is 27.6. The Balaban J connectivity index is 1.13. The number of para-hydroxylation sites is 2. The molecule has 8 aromatic carbocycles. The van der Waals surface area contributed by atoms with Gasteiger partial charge in [-0.1, -0.05) is 121 Å². The van der Waals surface area contributed by atoms with Crippen LogP contribution < -0.4 is 0 Å². The number of aromatic nitrogens is 3. The number of fused-ring (bicyclic) bond motifs is 8. The molecule has 5 nitrogen and oxygen atoms in total. The highest BCUT2D eigenvalue weighted by Crippen LogP contribution is 2.41. The quantitative estimate of drug-likeness (QED) is 0.187. The van der Waals surface area contributed by atoms with E-state index in [1.807, 2.05) is 66.7 Å². The molecule has 0 aliphatic carbocycles. The minimum atomic E-state index is 0.529. The summed E-state index contributed by atoms with van der Waals surface area (Å²) >= 11 is 0. The Hall–Kier alpha value is -7.29. The fourth-order valence-corrected chi connectivity index (χ4v) is 7.41. The predicted molar refractivity (Wildman–Crippen MR) is 209 cm³/mol. The number of nitrogens with zero attached hydrogens (tertiary/aromatic N) is 3. The van der Waals surface area contributed by atoms with Crippen LogP contribution in [0.5, 0.6) is 0 Å². The topological polar surface area (TPSA) is 65.0 Å². The van der Waals surface area contributed by atoms with Gasteiger partial charge in [0.1, 0.15) is 22.3 Å². The van der Waals surface area contributed by atoms with Crippen molar-refractivity contribution in [3.8, 4) is 45.3 Å². The molecule has 3 heterocycles. The SMILES string of the molecule is c1c(-c2nc(-c3ccc4ccccc4c3)nc(-c3cccc4oc5c(-c6ccc7oc8ccccc8c7c6)cccc5c34)n2)cc2ccccc2c#1. The first-order valence-corrected chi connectivity index (χ1v) is 17.2. The van der Waals surface area contributed by atoms with Crippen LogP contribution in [-0.2, 0) is 0 Å². The molecule has 0 atom stereocenters. The fraction of sp³-hybridized carbons (Fsp3) is 0. The van der Waals surface area contributed by atoms with E-state index in [0.717, 1.165) is 93.2 Å². The van der Waals surface area contributed by atoms with Gasteiger partial charge in [0, 0.05) is 43.6 Å². The highest BCUT2D eigenvalue weighted by atomic mass is 16.3. The van der Waals surface area contributed by atoms with Crippen molar-refractivity contribution < 1.29 is 8.83 Å². The molecular weight excluding hydrogens is 639 g/mol. The van der Waals surface area contributed by atoms with E-state index in [1.165, 1.54) is 0 Å². The standard InChI is InChI=1S/C47H25N3O2/c1-3-11-30-25-33(21-19-28(30)9-1)45-48-46(34-22-20-29-10-2-4-12-31(29)26-34)50-47(49-45)38-16-8-18-42-43(38)37-15-7-14-35(44(37)52-42)32-23-24-41-39(27-32)36-13-5-6-17-40(36)51-41/h1-19,21,23-27H. The van der Waals surface area contributed by atoms with Crippen LogP contribution in [0.25, 0.3) is 111 Å². The summed E-state index contributed by atoms with van der Waals surface area (Å²) < 4.78 is 12.8. The summed E-state index contributed by atoms with van der Waals surface area (Å²) in [6, 6.07) is 58.3. The summed E-state index contributed by atoms with van der Waals surface area (Å²) in [7, 11) is 0. The van der Waals surface area contributed by atoms with Crippen molar-refractivity contribution in [1.29, 1.82) is 0 Å². The minimum absolute atomic E-state index is 0.529. The lowest BCUT2D eigenvalue weighted by molar-refractivity contribution is 0.668. The van der Waals surface area contributed by atoms with E-state index >= 15 is 0 Å². The van der Waals surface area contributed by atoms with E-state index in [9.17, 15) is 0 Å². The fourth-order valence-electron chi connectivity index (χ4n) is 7.41. The van der Waals surface area contributed by atoms with Gasteiger partial charge in [-0.25, -0.2) is 15.0 Å². The third-order valence-corrected chi connectivity index (χ3v) is 9.93. The summed E-state index contributed by atoms with van der Waals surface area (Å²) in [5.74, 6) is 1.67. The molecule has 0 saturated carbocycles. The van der Waals surface area contributed by atoms with Gasteiger partial charge in [0.2, 0.25) is 0 Å². The highest BCUT2D eigenvalue weighted by Gasteiger charge is 2.20. The Labute approximate surface area is 297 Å². The van der Waals surface area contributed by atoms with Crippen LogP contribution in [0.2, 0.25) is 0 Å². The third-order valence-electron chi connectivity index (χ3n) is 9.93. The predicted octanol–water partition coefficient (Wildman–Crippen LogP) is 12.2. The second kappa shape index (κ2) is 11.1. The Morgan fingerprint density at radius 1 is 0.404 bits per heavy atom. The Morgan fingerprint density at radius 3 is 2.08 bits per heavy atom. The summed E-state index contributed by atoms with van der Waals surface area (Å²) in [6.07, 6.45) is 0. The Kier molecular flexibility index (Phi) is 6.10. The number of hydrogen-bond acceptors (Lipinski definition) is 5. The lowest BCUT2D eigenvalue weighted by atomic mass is 9.99. The van der Waals surface area contributed by atoms with Gasteiger partial charge in [0.25, 0.3) is 0 Å². The first-order chi connectivity index (χ1) is 25.7. The maximum Gasteiger partial charge on any atom is 0.172 e. The van der Waals surface area contributed by atoms with Crippen molar-refractivity contribution in [3.63, 3.8) is 0 Å². The number of benzene rings is 7. The molecule has 11 aromatic rings. The van der Waals surface area contributed by atoms with E-state index in [4.69, 9.17) is 23.8 Å². The van der Waals surface area contributed by atoms with Gasteiger partial charge in [0.05, 0.1) is 5.56 Å². The van der Waals surface area contributed by atoms with E-state index in [1.54, 1.807) is 0 Å². The lowest BCUT2D eigenvalue weighted by Crippen LogP contribution is -2.00. The molecule has 0 fully saturated rings. The van der Waals surface area contributed by atoms with Crippen LogP contribution >= 0.6 is 0 Å². The van der Waals surface area contributed by atoms with Gasteiger partial charge in [-0.3, -0.25) is 0 Å². The maximum atomic E-state index is 6.70. The van der Waals surface area contributed by atoms with Crippen LogP contribution in [0, 0.1) is 12.1 Å². The normalized spacial score (nSPS) is 11.7. The van der Waals surface area contributed by atoms with Crippen molar-refractivity contribution >= 4 is 65.4 Å². The van der Waals surface area contributed by atoms with Gasteiger partial charge in [-0.15, -0.1) is 0 Å². The van der Waals surface area contributed by atoms with Crippen molar-refractivity contribution in [1.82, 2.24) is 15.0 Å². The Bertz CT molecular complexity index is 3110. The summed E-state index contributed by atoms with van der Waals surface area (Å²) in [5.41, 5.74) is 7.86. The van der Waals surface area contributed by atoms with Crippen LogP contribution in [0.15, 0.2) is 160 Å². The molecule has 5 heteroatoms. The summed E-state index contributed by atoms with van der Waals surface area (Å²) in [6.45, 7) is 0. The minimum Gasteiger partial charge on any atom is -0.456 e. The zero-order valence-electron chi connectivity index (χ0n) is 27.6. The van der Waals surface area contributed by atoms with E-state index in [-0.39, 0.29) is 0 Å². The molecular formula is C47H25N3O2. The molecule has 0 aliphatic rings. The highest BCUT2D eigenvalue weighted by molar-refractivity contribution is 6.15.